The van der Waals surface area contributed by atoms with Gasteiger partial charge in [0.2, 0.25) is 0 Å². The van der Waals surface area contributed by atoms with Crippen LogP contribution >= 0.6 is 34.2 Å². The normalized spacial score (nSPS) is 16.1. The number of Topliss-reactive ketones (excluding diaryl/α,β-unsaturated/α-hetero) is 1. The van der Waals surface area contributed by atoms with Crippen LogP contribution in [0.5, 0.6) is 0 Å². The van der Waals surface area contributed by atoms with Gasteiger partial charge in [-0.05, 0) is 47.2 Å². The largest absolute Gasteiger partial charge is 0.331 e. The molecule has 1 aromatic carbocycles. The molecule has 0 saturated carbocycles. The maximum Gasteiger partial charge on any atom is 0.254 e. The molecule has 1 amide bonds. The molecule has 1 heterocycles. The zero-order valence-electron chi connectivity index (χ0n) is 9.08. The summed E-state index contributed by atoms with van der Waals surface area (Å²) in [6.45, 7) is 0.872. The molecule has 1 aromatic rings. The molecule has 1 aliphatic heterocycles. The average molecular weight is 364 g/mol. The summed E-state index contributed by atoms with van der Waals surface area (Å²) in [5, 5.41) is 0.569. The molecule has 1 saturated heterocycles. The van der Waals surface area contributed by atoms with Gasteiger partial charge >= 0.3 is 0 Å². The van der Waals surface area contributed by atoms with Gasteiger partial charge in [0, 0.05) is 22.1 Å². The van der Waals surface area contributed by atoms with Crippen molar-refractivity contribution in [1.29, 1.82) is 0 Å². The van der Waals surface area contributed by atoms with Gasteiger partial charge in [-0.2, -0.15) is 0 Å². The van der Waals surface area contributed by atoms with E-state index in [1.807, 2.05) is 6.07 Å². The Kier molecular flexibility index (Phi) is 4.04. The van der Waals surface area contributed by atoms with Crippen molar-refractivity contribution < 1.29 is 9.59 Å². The van der Waals surface area contributed by atoms with Crippen molar-refractivity contribution in [2.75, 3.05) is 13.1 Å². The Morgan fingerprint density at radius 3 is 2.82 bits per heavy atom. The van der Waals surface area contributed by atoms with E-state index < -0.39 is 0 Å². The summed E-state index contributed by atoms with van der Waals surface area (Å²) in [6.07, 6.45) is 1.33. The fraction of sp³-hybridized carbons (Fsp3) is 0.333. The molecule has 2 rings (SSSR count). The van der Waals surface area contributed by atoms with Crippen LogP contribution in [0.4, 0.5) is 0 Å². The van der Waals surface area contributed by atoms with Crippen LogP contribution in [0.15, 0.2) is 18.2 Å². The number of halogens is 2. The van der Waals surface area contributed by atoms with Crippen LogP contribution in [0.3, 0.4) is 0 Å². The smallest absolute Gasteiger partial charge is 0.254 e. The molecule has 1 aliphatic rings. The summed E-state index contributed by atoms with van der Waals surface area (Å²) in [7, 11) is 0. The summed E-state index contributed by atoms with van der Waals surface area (Å²) in [4.78, 5) is 25.0. The molecule has 0 atom stereocenters. The zero-order chi connectivity index (χ0) is 12.4. The summed E-state index contributed by atoms with van der Waals surface area (Å²) in [5.74, 6) is 0.0116. The molecular formula is C12H11ClINO2. The molecule has 5 heteroatoms. The van der Waals surface area contributed by atoms with E-state index in [1.165, 1.54) is 0 Å². The number of rotatable bonds is 1. The molecule has 0 aliphatic carbocycles. The van der Waals surface area contributed by atoms with E-state index in [1.54, 1.807) is 17.0 Å². The first-order valence-electron chi connectivity index (χ1n) is 5.34. The molecular weight excluding hydrogens is 352 g/mol. The molecule has 3 nitrogen and oxygen atoms in total. The second kappa shape index (κ2) is 5.35. The fourth-order valence-corrected chi connectivity index (χ4v) is 2.34. The monoisotopic (exact) mass is 363 g/mol. The Balaban J connectivity index is 2.18. The minimum atomic E-state index is -0.114. The minimum Gasteiger partial charge on any atom is -0.331 e. The van der Waals surface area contributed by atoms with E-state index in [0.717, 1.165) is 9.99 Å². The predicted octanol–water partition coefficient (Wildman–Crippen LogP) is 2.75. The van der Waals surface area contributed by atoms with E-state index in [2.05, 4.69) is 22.6 Å². The van der Waals surface area contributed by atoms with E-state index in [4.69, 9.17) is 11.6 Å². The van der Waals surface area contributed by atoms with Gasteiger partial charge in [0.25, 0.3) is 5.91 Å². The molecule has 17 heavy (non-hydrogen) atoms. The number of carbonyl (C=O) groups excluding carboxylic acids is 2. The number of likely N-dealkylation sites (tertiary alicyclic amines) is 1. The molecule has 1 fully saturated rings. The van der Waals surface area contributed by atoms with E-state index in [0.29, 0.717) is 23.6 Å². The first kappa shape index (κ1) is 12.8. The quantitative estimate of drug-likeness (QED) is 0.720. The van der Waals surface area contributed by atoms with Crippen molar-refractivity contribution in [1.82, 2.24) is 4.90 Å². The highest BCUT2D eigenvalue weighted by atomic mass is 127. The second-order valence-electron chi connectivity index (χ2n) is 4.00. The molecule has 0 N–H and O–H groups in total. The van der Waals surface area contributed by atoms with E-state index in [-0.39, 0.29) is 18.2 Å². The van der Waals surface area contributed by atoms with Crippen molar-refractivity contribution in [3.63, 3.8) is 0 Å². The number of piperidine rings is 1. The maximum absolute atomic E-state index is 12.1. The van der Waals surface area contributed by atoms with Gasteiger partial charge < -0.3 is 4.90 Å². The lowest BCUT2D eigenvalue weighted by atomic mass is 10.1. The minimum absolute atomic E-state index is 0.114. The van der Waals surface area contributed by atoms with Crippen molar-refractivity contribution in [3.05, 3.63) is 32.4 Å². The number of ketones is 1. The molecule has 0 radical (unpaired) electrons. The Labute approximate surface area is 118 Å². The Bertz CT molecular complexity index is 476. The van der Waals surface area contributed by atoms with Gasteiger partial charge in [0.15, 0.2) is 5.78 Å². The lowest BCUT2D eigenvalue weighted by molar-refractivity contribution is -0.121. The molecule has 0 bridgehead atoms. The Morgan fingerprint density at radius 2 is 2.18 bits per heavy atom. The van der Waals surface area contributed by atoms with Gasteiger partial charge in [-0.3, -0.25) is 9.59 Å². The van der Waals surface area contributed by atoms with Crippen LogP contribution < -0.4 is 0 Å². The number of hydrogen-bond donors (Lipinski definition) is 0. The third kappa shape index (κ3) is 2.98. The fourth-order valence-electron chi connectivity index (χ4n) is 1.82. The predicted molar refractivity (Wildman–Crippen MR) is 74.3 cm³/mol. The maximum atomic E-state index is 12.1. The Morgan fingerprint density at radius 1 is 1.41 bits per heavy atom. The molecule has 0 unspecified atom stereocenters. The van der Waals surface area contributed by atoms with Gasteiger partial charge in [-0.1, -0.05) is 11.6 Å². The standard InChI is InChI=1S/C12H11ClINO2/c13-10-6-8(3-4-11(10)14)12(17)15-5-1-2-9(16)7-15/h3-4,6H,1-2,5,7H2. The van der Waals surface area contributed by atoms with Crippen LogP contribution in [0.1, 0.15) is 23.2 Å². The summed E-state index contributed by atoms with van der Waals surface area (Å²) in [6, 6.07) is 5.21. The lowest BCUT2D eigenvalue weighted by Gasteiger charge is -2.25. The molecule has 0 spiro atoms. The summed E-state index contributed by atoms with van der Waals surface area (Å²) >= 11 is 8.09. The van der Waals surface area contributed by atoms with E-state index in [9.17, 15) is 9.59 Å². The van der Waals surface area contributed by atoms with Crippen molar-refractivity contribution in [3.8, 4) is 0 Å². The van der Waals surface area contributed by atoms with Gasteiger partial charge in [-0.25, -0.2) is 0 Å². The number of hydrogen-bond acceptors (Lipinski definition) is 2. The highest BCUT2D eigenvalue weighted by Crippen LogP contribution is 2.21. The second-order valence-corrected chi connectivity index (χ2v) is 5.57. The SMILES string of the molecule is O=C1CCCN(C(=O)c2ccc(I)c(Cl)c2)C1. The van der Waals surface area contributed by atoms with Crippen LogP contribution in [0.25, 0.3) is 0 Å². The molecule has 0 aromatic heterocycles. The van der Waals surface area contributed by atoms with Crippen molar-refractivity contribution >= 4 is 45.9 Å². The topological polar surface area (TPSA) is 37.4 Å². The van der Waals surface area contributed by atoms with Crippen molar-refractivity contribution in [2.24, 2.45) is 0 Å². The highest BCUT2D eigenvalue weighted by Gasteiger charge is 2.22. The van der Waals surface area contributed by atoms with Gasteiger partial charge in [0.1, 0.15) is 0 Å². The number of amides is 1. The number of nitrogens with zero attached hydrogens (tertiary/aromatic N) is 1. The van der Waals surface area contributed by atoms with Crippen LogP contribution in [0, 0.1) is 3.57 Å². The number of carbonyl (C=O) groups is 2. The summed E-state index contributed by atoms with van der Waals surface area (Å²) < 4.78 is 0.913. The third-order valence-corrected chi connectivity index (χ3v) is 4.28. The van der Waals surface area contributed by atoms with Crippen LogP contribution in [-0.4, -0.2) is 29.7 Å². The third-order valence-electron chi connectivity index (χ3n) is 2.70. The van der Waals surface area contributed by atoms with Gasteiger partial charge in [0.05, 0.1) is 11.6 Å². The van der Waals surface area contributed by atoms with Crippen LogP contribution in [-0.2, 0) is 4.79 Å². The summed E-state index contributed by atoms with van der Waals surface area (Å²) in [5.41, 5.74) is 0.546. The van der Waals surface area contributed by atoms with Gasteiger partial charge in [-0.15, -0.1) is 0 Å². The first-order valence-corrected chi connectivity index (χ1v) is 6.79. The average Bonchev–Trinajstić information content (AvgIpc) is 2.32. The first-order chi connectivity index (χ1) is 8.08. The number of benzene rings is 1. The van der Waals surface area contributed by atoms with Crippen molar-refractivity contribution in [2.45, 2.75) is 12.8 Å². The highest BCUT2D eigenvalue weighted by molar-refractivity contribution is 14.1. The Hall–Kier alpha value is -0.620. The van der Waals surface area contributed by atoms with Crippen LogP contribution in [0.2, 0.25) is 5.02 Å². The zero-order valence-corrected chi connectivity index (χ0v) is 12.0. The lowest BCUT2D eigenvalue weighted by Crippen LogP contribution is -2.40. The molecule has 90 valence electrons. The van der Waals surface area contributed by atoms with E-state index >= 15 is 0 Å².